The molecule has 0 radical (unpaired) electrons. The van der Waals surface area contributed by atoms with Crippen LogP contribution >= 0.6 is 0 Å². The summed E-state index contributed by atoms with van der Waals surface area (Å²) in [6.07, 6.45) is 7.61. The Hall–Kier alpha value is -1.65. The number of ether oxygens (including phenoxy) is 1. The van der Waals surface area contributed by atoms with Crippen molar-refractivity contribution < 1.29 is 24.2 Å². The second-order valence-corrected chi connectivity index (χ2v) is 9.95. The van der Waals surface area contributed by atoms with E-state index in [-0.39, 0.29) is 46.4 Å². The van der Waals surface area contributed by atoms with Gasteiger partial charge in [-0.3, -0.25) is 14.4 Å². The number of carbonyl (C=O) groups excluding carboxylic acids is 2. The number of fused-ring (bicyclic) bond motifs is 5. The third-order valence-corrected chi connectivity index (χ3v) is 8.69. The van der Waals surface area contributed by atoms with Crippen molar-refractivity contribution in [3.05, 3.63) is 11.6 Å². The van der Waals surface area contributed by atoms with Crippen molar-refractivity contribution in [2.24, 2.45) is 34.5 Å². The Balaban J connectivity index is 0.00000124. The standard InChI is InChI=1S/C23H32O5.C2H6/c1-4-19(25)28-18-6-5-16-20-15(21(26)27)12-13-11-14(24)7-9-22(13,2)17(20)8-10-23(16,18)3;1-2/h8,13,15-16,18,20H,4-7,9-12H2,1-3H3,(H,26,27);1-2H3/t13?,15?,16?,18?,20-,22?,23-;/m0./s1. The number of aliphatic carboxylic acids is 1. The molecule has 0 aromatic rings. The van der Waals surface area contributed by atoms with Crippen LogP contribution in [-0.4, -0.2) is 28.9 Å². The maximum Gasteiger partial charge on any atom is 0.307 e. The fourth-order valence-electron chi connectivity index (χ4n) is 6.97. The molecule has 1 N–H and O–H groups in total. The Morgan fingerprint density at radius 3 is 2.57 bits per heavy atom. The number of esters is 1. The lowest BCUT2D eigenvalue weighted by Gasteiger charge is -2.57. The van der Waals surface area contributed by atoms with E-state index < -0.39 is 11.9 Å². The van der Waals surface area contributed by atoms with Crippen LogP contribution in [0, 0.1) is 34.5 Å². The number of ketones is 1. The molecule has 0 spiro atoms. The largest absolute Gasteiger partial charge is 0.481 e. The van der Waals surface area contributed by atoms with Crippen LogP contribution in [0.25, 0.3) is 0 Å². The Morgan fingerprint density at radius 2 is 1.93 bits per heavy atom. The minimum Gasteiger partial charge on any atom is -0.481 e. The summed E-state index contributed by atoms with van der Waals surface area (Å²) < 4.78 is 5.79. The van der Waals surface area contributed by atoms with Crippen molar-refractivity contribution in [1.29, 1.82) is 0 Å². The molecule has 30 heavy (non-hydrogen) atoms. The van der Waals surface area contributed by atoms with Crippen LogP contribution in [0.2, 0.25) is 0 Å². The molecule has 3 saturated carbocycles. The highest BCUT2D eigenvalue weighted by Gasteiger charge is 2.61. The summed E-state index contributed by atoms with van der Waals surface area (Å²) >= 11 is 0. The zero-order chi connectivity index (χ0) is 22.3. The normalized spacial score (nSPS) is 42.0. The molecule has 0 saturated heterocycles. The highest BCUT2D eigenvalue weighted by molar-refractivity contribution is 5.80. The van der Waals surface area contributed by atoms with Crippen LogP contribution in [0.5, 0.6) is 0 Å². The molecule has 0 aliphatic heterocycles. The molecule has 4 rings (SSSR count). The van der Waals surface area contributed by atoms with Gasteiger partial charge in [0.05, 0.1) is 5.92 Å². The van der Waals surface area contributed by atoms with Gasteiger partial charge in [0.1, 0.15) is 11.9 Å². The molecule has 0 aromatic carbocycles. The first-order chi connectivity index (χ1) is 14.2. The highest BCUT2D eigenvalue weighted by Crippen LogP contribution is 2.65. The van der Waals surface area contributed by atoms with Crippen molar-refractivity contribution in [2.75, 3.05) is 0 Å². The zero-order valence-electron chi connectivity index (χ0n) is 19.2. The van der Waals surface area contributed by atoms with Gasteiger partial charge in [-0.25, -0.2) is 0 Å². The maximum atomic E-state index is 12.3. The van der Waals surface area contributed by atoms with E-state index in [0.29, 0.717) is 25.7 Å². The minimum absolute atomic E-state index is 0.00368. The van der Waals surface area contributed by atoms with E-state index in [0.717, 1.165) is 25.7 Å². The van der Waals surface area contributed by atoms with Crippen molar-refractivity contribution in [3.63, 3.8) is 0 Å². The van der Waals surface area contributed by atoms with Gasteiger partial charge in [-0.15, -0.1) is 0 Å². The predicted octanol–water partition coefficient (Wildman–Crippen LogP) is 5.18. The van der Waals surface area contributed by atoms with Gasteiger partial charge in [-0.05, 0) is 55.3 Å². The second-order valence-electron chi connectivity index (χ2n) is 9.95. The first-order valence-electron chi connectivity index (χ1n) is 11.8. The van der Waals surface area contributed by atoms with Gasteiger partial charge < -0.3 is 9.84 Å². The van der Waals surface area contributed by atoms with E-state index in [1.54, 1.807) is 0 Å². The minimum atomic E-state index is -0.741. The van der Waals surface area contributed by atoms with Crippen LogP contribution < -0.4 is 0 Å². The van der Waals surface area contributed by atoms with Crippen LogP contribution in [0.1, 0.15) is 86.0 Å². The van der Waals surface area contributed by atoms with Crippen LogP contribution in [0.4, 0.5) is 0 Å². The van der Waals surface area contributed by atoms with E-state index in [1.165, 1.54) is 5.57 Å². The van der Waals surface area contributed by atoms with Gasteiger partial charge in [0.2, 0.25) is 0 Å². The third-order valence-electron chi connectivity index (χ3n) is 8.69. The maximum absolute atomic E-state index is 12.3. The molecule has 5 nitrogen and oxygen atoms in total. The fourth-order valence-corrected chi connectivity index (χ4v) is 6.97. The fraction of sp³-hybridized carbons (Fsp3) is 0.800. The molecule has 7 atom stereocenters. The number of hydrogen-bond donors (Lipinski definition) is 1. The molecule has 0 bridgehead atoms. The molecule has 168 valence electrons. The molecule has 3 fully saturated rings. The molecule has 4 aliphatic carbocycles. The van der Waals surface area contributed by atoms with E-state index >= 15 is 0 Å². The second kappa shape index (κ2) is 8.47. The van der Waals surface area contributed by atoms with Gasteiger partial charge in [0.15, 0.2) is 0 Å². The van der Waals surface area contributed by atoms with Gasteiger partial charge in [0.25, 0.3) is 0 Å². The smallest absolute Gasteiger partial charge is 0.307 e. The summed E-state index contributed by atoms with van der Waals surface area (Å²) in [5, 5.41) is 10.1. The summed E-state index contributed by atoms with van der Waals surface area (Å²) in [6.45, 7) is 10.2. The molecule has 0 aromatic heterocycles. The number of hydrogen-bond acceptors (Lipinski definition) is 4. The number of carboxylic acid groups (broad SMARTS) is 1. The lowest BCUT2D eigenvalue weighted by atomic mass is 9.46. The Bertz CT molecular complexity index is 740. The van der Waals surface area contributed by atoms with Crippen molar-refractivity contribution >= 4 is 17.7 Å². The topological polar surface area (TPSA) is 80.7 Å². The van der Waals surface area contributed by atoms with E-state index in [1.807, 2.05) is 20.8 Å². The monoisotopic (exact) mass is 418 g/mol. The highest BCUT2D eigenvalue weighted by atomic mass is 16.5. The molecule has 4 aliphatic rings. The Labute approximate surface area is 180 Å². The SMILES string of the molecule is CC.CCC(=O)OC1CCC2[C@H]3C(=CC[C@]12C)C1(C)CCC(=O)CC1CC3C(=O)O. The van der Waals surface area contributed by atoms with Crippen molar-refractivity contribution in [2.45, 2.75) is 92.1 Å². The Kier molecular flexibility index (Phi) is 6.50. The summed E-state index contributed by atoms with van der Waals surface area (Å²) in [4.78, 5) is 36.3. The summed E-state index contributed by atoms with van der Waals surface area (Å²) in [7, 11) is 0. The molecule has 0 heterocycles. The zero-order valence-corrected chi connectivity index (χ0v) is 19.2. The number of Topliss-reactive ketones (excluding diaryl/α,β-unsaturated/α-hetero) is 1. The average Bonchev–Trinajstić information content (AvgIpc) is 3.05. The predicted molar refractivity (Wildman–Crippen MR) is 115 cm³/mol. The molecule has 5 unspecified atom stereocenters. The van der Waals surface area contributed by atoms with Gasteiger partial charge in [0, 0.05) is 24.7 Å². The number of allylic oxidation sites excluding steroid dienone is 2. The van der Waals surface area contributed by atoms with Gasteiger partial charge in [-0.2, -0.15) is 0 Å². The van der Waals surface area contributed by atoms with E-state index in [9.17, 15) is 19.5 Å². The summed E-state index contributed by atoms with van der Waals surface area (Å²) in [5.41, 5.74) is 1.03. The van der Waals surface area contributed by atoms with E-state index in [2.05, 4.69) is 19.9 Å². The van der Waals surface area contributed by atoms with Gasteiger partial charge in [-0.1, -0.05) is 46.3 Å². The number of carbonyl (C=O) groups is 3. The lowest BCUT2D eigenvalue weighted by Crippen LogP contribution is -2.53. The molecule has 5 heteroatoms. The van der Waals surface area contributed by atoms with Crippen molar-refractivity contribution in [3.8, 4) is 0 Å². The third kappa shape index (κ3) is 3.52. The number of rotatable bonds is 3. The van der Waals surface area contributed by atoms with Crippen LogP contribution in [0.3, 0.4) is 0 Å². The number of carboxylic acids is 1. The molecular formula is C25H38O5. The van der Waals surface area contributed by atoms with E-state index in [4.69, 9.17) is 4.74 Å². The van der Waals surface area contributed by atoms with Gasteiger partial charge >= 0.3 is 11.9 Å². The molecule has 0 amide bonds. The Morgan fingerprint density at radius 1 is 1.23 bits per heavy atom. The lowest BCUT2D eigenvalue weighted by molar-refractivity contribution is -0.159. The van der Waals surface area contributed by atoms with Crippen LogP contribution in [-0.2, 0) is 19.1 Å². The first-order valence-corrected chi connectivity index (χ1v) is 11.8. The first kappa shape index (κ1) is 23.0. The average molecular weight is 419 g/mol. The summed E-state index contributed by atoms with van der Waals surface area (Å²) in [5.74, 6) is -0.724. The quantitative estimate of drug-likeness (QED) is 0.505. The van der Waals surface area contributed by atoms with Crippen molar-refractivity contribution in [1.82, 2.24) is 0 Å². The molecular weight excluding hydrogens is 380 g/mol. The van der Waals surface area contributed by atoms with Crippen LogP contribution in [0.15, 0.2) is 11.6 Å². The summed E-state index contributed by atoms with van der Waals surface area (Å²) in [6, 6.07) is 0.